The minimum atomic E-state index is -0.828. The second-order valence-electron chi connectivity index (χ2n) is 7.52. The van der Waals surface area contributed by atoms with E-state index in [0.717, 1.165) is 34.2 Å². The van der Waals surface area contributed by atoms with E-state index in [9.17, 15) is 14.4 Å². The fourth-order valence-corrected chi connectivity index (χ4v) is 4.40. The molecule has 146 valence electrons. The third-order valence-corrected chi connectivity index (χ3v) is 6.35. The number of hydrogen-bond donors (Lipinski definition) is 2. The zero-order valence-corrected chi connectivity index (χ0v) is 17.3. The van der Waals surface area contributed by atoms with E-state index < -0.39 is 11.6 Å². The van der Waals surface area contributed by atoms with E-state index in [1.54, 1.807) is 0 Å². The molecule has 1 spiro atoms. The van der Waals surface area contributed by atoms with E-state index in [2.05, 4.69) is 26.6 Å². The molecule has 0 radical (unpaired) electrons. The van der Waals surface area contributed by atoms with Crippen LogP contribution in [0, 0.1) is 5.92 Å². The third-order valence-electron chi connectivity index (χ3n) is 5.82. The Kier molecular flexibility index (Phi) is 5.89. The molecule has 2 N–H and O–H groups in total. The van der Waals surface area contributed by atoms with Crippen LogP contribution in [0.25, 0.3) is 0 Å². The monoisotopic (exact) mass is 435 g/mol. The van der Waals surface area contributed by atoms with Crippen LogP contribution in [0.4, 0.5) is 4.79 Å². The summed E-state index contributed by atoms with van der Waals surface area (Å²) < 4.78 is 0.971. The van der Waals surface area contributed by atoms with Gasteiger partial charge in [0.25, 0.3) is 5.91 Å². The number of urea groups is 1. The van der Waals surface area contributed by atoms with Gasteiger partial charge in [-0.1, -0.05) is 54.8 Å². The van der Waals surface area contributed by atoms with E-state index in [-0.39, 0.29) is 30.3 Å². The molecule has 1 saturated heterocycles. The molecule has 3 unspecified atom stereocenters. The Bertz CT molecular complexity index is 736. The van der Waals surface area contributed by atoms with Crippen molar-refractivity contribution in [1.29, 1.82) is 0 Å². The first-order valence-corrected chi connectivity index (χ1v) is 10.4. The van der Waals surface area contributed by atoms with Crippen molar-refractivity contribution in [3.8, 4) is 0 Å². The Balaban J connectivity index is 1.67. The molecule has 2 fully saturated rings. The number of benzene rings is 1. The number of nitrogens with zero attached hydrogens (tertiary/aromatic N) is 1. The number of nitrogens with one attached hydrogen (secondary N) is 2. The van der Waals surface area contributed by atoms with E-state index in [0.29, 0.717) is 12.8 Å². The highest BCUT2D eigenvalue weighted by molar-refractivity contribution is 9.10. The summed E-state index contributed by atoms with van der Waals surface area (Å²) in [6.07, 6.45) is 4.26. The van der Waals surface area contributed by atoms with Gasteiger partial charge in [0.05, 0.1) is 6.04 Å². The number of imide groups is 1. The van der Waals surface area contributed by atoms with Gasteiger partial charge in [0.15, 0.2) is 0 Å². The highest BCUT2D eigenvalue weighted by atomic mass is 79.9. The van der Waals surface area contributed by atoms with Gasteiger partial charge in [-0.25, -0.2) is 4.79 Å². The van der Waals surface area contributed by atoms with Crippen LogP contribution in [0.5, 0.6) is 0 Å². The number of halogens is 1. The average molecular weight is 436 g/mol. The van der Waals surface area contributed by atoms with Crippen LogP contribution in [0.3, 0.4) is 0 Å². The quantitative estimate of drug-likeness (QED) is 0.694. The zero-order chi connectivity index (χ0) is 19.6. The maximum atomic E-state index is 13.0. The van der Waals surface area contributed by atoms with Crippen LogP contribution in [0.2, 0.25) is 0 Å². The molecule has 1 saturated carbocycles. The maximum Gasteiger partial charge on any atom is 0.325 e. The Hall–Kier alpha value is -1.89. The minimum absolute atomic E-state index is 0.0851. The highest BCUT2D eigenvalue weighted by Crippen LogP contribution is 2.38. The molecule has 4 amide bonds. The van der Waals surface area contributed by atoms with Crippen molar-refractivity contribution < 1.29 is 14.4 Å². The van der Waals surface area contributed by atoms with Gasteiger partial charge in [-0.3, -0.25) is 14.5 Å². The zero-order valence-electron chi connectivity index (χ0n) is 15.8. The van der Waals surface area contributed by atoms with Gasteiger partial charge in [0, 0.05) is 4.47 Å². The normalized spacial score (nSPS) is 26.2. The largest absolute Gasteiger partial charge is 0.348 e. The maximum absolute atomic E-state index is 13.0. The summed E-state index contributed by atoms with van der Waals surface area (Å²) >= 11 is 3.40. The van der Waals surface area contributed by atoms with E-state index in [1.807, 2.05) is 38.1 Å². The predicted molar refractivity (Wildman–Crippen MR) is 106 cm³/mol. The lowest BCUT2D eigenvalue weighted by molar-refractivity contribution is -0.137. The fourth-order valence-electron chi connectivity index (χ4n) is 4.14. The molecule has 1 aromatic rings. The number of carbonyl (C=O) groups is 3. The summed E-state index contributed by atoms with van der Waals surface area (Å²) in [5.74, 6) is -0.498. The Morgan fingerprint density at radius 1 is 1.33 bits per heavy atom. The first-order valence-electron chi connectivity index (χ1n) is 9.56. The molecule has 0 bridgehead atoms. The molecule has 3 atom stereocenters. The molecule has 6 nitrogen and oxygen atoms in total. The van der Waals surface area contributed by atoms with Crippen molar-refractivity contribution in [2.24, 2.45) is 5.92 Å². The fraction of sp³-hybridized carbons (Fsp3) is 0.550. The Labute approximate surface area is 168 Å². The van der Waals surface area contributed by atoms with Crippen molar-refractivity contribution in [2.45, 2.75) is 57.5 Å². The lowest BCUT2D eigenvalue weighted by Gasteiger charge is -2.36. The summed E-state index contributed by atoms with van der Waals surface area (Å²) in [6.45, 7) is 3.74. The van der Waals surface area contributed by atoms with Crippen molar-refractivity contribution in [3.63, 3.8) is 0 Å². The van der Waals surface area contributed by atoms with E-state index >= 15 is 0 Å². The van der Waals surface area contributed by atoms with Crippen LogP contribution < -0.4 is 10.6 Å². The van der Waals surface area contributed by atoms with Gasteiger partial charge in [-0.2, -0.15) is 0 Å². The van der Waals surface area contributed by atoms with Crippen molar-refractivity contribution >= 4 is 33.8 Å². The van der Waals surface area contributed by atoms with Crippen LogP contribution in [0.15, 0.2) is 28.7 Å². The molecular formula is C20H26BrN3O3. The van der Waals surface area contributed by atoms with Crippen LogP contribution in [-0.2, 0) is 9.59 Å². The summed E-state index contributed by atoms with van der Waals surface area (Å²) in [7, 11) is 0. The number of amides is 4. The van der Waals surface area contributed by atoms with Gasteiger partial charge in [0.1, 0.15) is 12.1 Å². The first-order chi connectivity index (χ1) is 12.9. The lowest BCUT2D eigenvalue weighted by Crippen LogP contribution is -2.54. The molecule has 1 aliphatic carbocycles. The molecule has 1 aliphatic heterocycles. The lowest BCUT2D eigenvalue weighted by atomic mass is 9.73. The second-order valence-corrected chi connectivity index (χ2v) is 8.44. The Morgan fingerprint density at radius 3 is 2.67 bits per heavy atom. The van der Waals surface area contributed by atoms with Crippen LogP contribution in [-0.4, -0.2) is 34.8 Å². The third kappa shape index (κ3) is 3.88. The molecular weight excluding hydrogens is 410 g/mol. The van der Waals surface area contributed by atoms with Gasteiger partial charge in [0.2, 0.25) is 5.91 Å². The molecule has 27 heavy (non-hydrogen) atoms. The van der Waals surface area contributed by atoms with Gasteiger partial charge < -0.3 is 10.6 Å². The van der Waals surface area contributed by atoms with Crippen molar-refractivity contribution in [3.05, 3.63) is 34.3 Å². The number of carbonyl (C=O) groups excluding carboxylic acids is 3. The van der Waals surface area contributed by atoms with Crippen LogP contribution >= 0.6 is 15.9 Å². The van der Waals surface area contributed by atoms with Crippen molar-refractivity contribution in [2.75, 3.05) is 6.54 Å². The van der Waals surface area contributed by atoms with Gasteiger partial charge in [-0.15, -0.1) is 0 Å². The van der Waals surface area contributed by atoms with Crippen LogP contribution in [0.1, 0.15) is 57.6 Å². The van der Waals surface area contributed by atoms with E-state index in [4.69, 9.17) is 0 Å². The molecule has 2 aliphatic rings. The molecule has 7 heteroatoms. The number of hydrogen-bond acceptors (Lipinski definition) is 3. The Morgan fingerprint density at radius 2 is 2.04 bits per heavy atom. The van der Waals surface area contributed by atoms with Crippen molar-refractivity contribution in [1.82, 2.24) is 15.5 Å². The summed E-state index contributed by atoms with van der Waals surface area (Å²) in [6, 6.07) is 7.14. The van der Waals surface area contributed by atoms with E-state index in [1.165, 1.54) is 0 Å². The second kappa shape index (κ2) is 8.00. The standard InChI is InChI=1S/C20H26BrN3O3/c1-3-16(14-7-9-15(21)10-8-14)22-17(25)12-24-18(26)20(23-19(24)27)11-5-4-6-13(20)2/h7-10,13,16H,3-6,11-12H2,1-2H3,(H,22,25)(H,23,27). The smallest absolute Gasteiger partial charge is 0.325 e. The average Bonchev–Trinajstić information content (AvgIpc) is 2.88. The summed E-state index contributed by atoms with van der Waals surface area (Å²) in [5, 5.41) is 5.83. The highest BCUT2D eigenvalue weighted by Gasteiger charge is 2.55. The van der Waals surface area contributed by atoms with Gasteiger partial charge >= 0.3 is 6.03 Å². The molecule has 3 rings (SSSR count). The summed E-state index contributed by atoms with van der Waals surface area (Å²) in [4.78, 5) is 39.0. The SMILES string of the molecule is CCC(NC(=O)CN1C(=O)NC2(CCCCC2C)C1=O)c1ccc(Br)cc1. The van der Waals surface area contributed by atoms with Gasteiger partial charge in [-0.05, 0) is 42.9 Å². The topological polar surface area (TPSA) is 78.5 Å². The summed E-state index contributed by atoms with van der Waals surface area (Å²) in [5.41, 5.74) is 0.162. The predicted octanol–water partition coefficient (Wildman–Crippen LogP) is 3.52. The molecule has 1 heterocycles. The minimum Gasteiger partial charge on any atom is -0.348 e. The molecule has 0 aromatic heterocycles. The number of rotatable bonds is 5. The first kappa shape index (κ1) is 19.9. The molecule has 1 aromatic carbocycles.